The molecule has 1 fully saturated rings. The number of benzene rings is 2. The molecular formula is C28H36N4O2S. The normalized spacial score (nSPS) is 18.4. The number of nitrogens with one attached hydrogen (secondary N) is 2. The molecular weight excluding hydrogens is 456 g/mol. The van der Waals surface area contributed by atoms with Gasteiger partial charge in [0.1, 0.15) is 5.75 Å². The summed E-state index contributed by atoms with van der Waals surface area (Å²) in [5, 5.41) is 7.72. The number of ether oxygens (including phenoxy) is 1. The second-order valence-electron chi connectivity index (χ2n) is 9.63. The Labute approximate surface area is 211 Å². The lowest BCUT2D eigenvalue weighted by molar-refractivity contribution is 0.259. The number of primary amides is 1. The van der Waals surface area contributed by atoms with E-state index in [1.54, 1.807) is 11.3 Å². The van der Waals surface area contributed by atoms with Crippen LogP contribution < -0.4 is 26.0 Å². The number of nitrogens with two attached hydrogens (primary N) is 1. The highest BCUT2D eigenvalue weighted by molar-refractivity contribution is 7.19. The van der Waals surface area contributed by atoms with E-state index < -0.39 is 6.03 Å². The highest BCUT2D eigenvalue weighted by Gasteiger charge is 2.22. The first kappa shape index (κ1) is 23.9. The minimum Gasteiger partial charge on any atom is -0.491 e. The number of fused-ring (bicyclic) bond motifs is 2. The summed E-state index contributed by atoms with van der Waals surface area (Å²) < 4.78 is 7.38. The maximum Gasteiger partial charge on any atom is 0.316 e. The third kappa shape index (κ3) is 5.73. The Morgan fingerprint density at radius 3 is 2.97 bits per heavy atom. The molecule has 0 spiro atoms. The Kier molecular flexibility index (Phi) is 7.74. The summed E-state index contributed by atoms with van der Waals surface area (Å²) in [7, 11) is 0. The number of amides is 2. The van der Waals surface area contributed by atoms with Crippen LogP contribution in [0.4, 0.5) is 16.2 Å². The van der Waals surface area contributed by atoms with Crippen LogP contribution in [0.15, 0.2) is 42.5 Å². The Bertz CT molecular complexity index is 1160. The molecule has 2 aliphatic heterocycles. The molecule has 1 saturated heterocycles. The van der Waals surface area contributed by atoms with Crippen molar-refractivity contribution in [3.05, 3.63) is 52.9 Å². The van der Waals surface area contributed by atoms with Gasteiger partial charge >= 0.3 is 6.03 Å². The Morgan fingerprint density at radius 1 is 1.14 bits per heavy atom. The molecule has 3 heterocycles. The van der Waals surface area contributed by atoms with E-state index in [1.165, 1.54) is 33.7 Å². The minimum atomic E-state index is -0.497. The van der Waals surface area contributed by atoms with Crippen molar-refractivity contribution in [2.24, 2.45) is 5.73 Å². The van der Waals surface area contributed by atoms with E-state index in [-0.39, 0.29) is 0 Å². The Balaban J connectivity index is 1.15. The lowest BCUT2D eigenvalue weighted by Gasteiger charge is -2.26. The van der Waals surface area contributed by atoms with E-state index >= 15 is 0 Å². The van der Waals surface area contributed by atoms with Crippen molar-refractivity contribution in [2.75, 3.05) is 36.5 Å². The van der Waals surface area contributed by atoms with Crippen LogP contribution in [0.2, 0.25) is 0 Å². The monoisotopic (exact) mass is 492 g/mol. The molecule has 0 radical (unpaired) electrons. The van der Waals surface area contributed by atoms with Crippen molar-refractivity contribution < 1.29 is 9.53 Å². The molecule has 1 atom stereocenters. The minimum absolute atomic E-state index is 0.497. The van der Waals surface area contributed by atoms with Gasteiger partial charge in [0.15, 0.2) is 0 Å². The molecule has 7 heteroatoms. The summed E-state index contributed by atoms with van der Waals surface area (Å²) >= 11 is 1.76. The SMILES string of the molecule is NC(=O)Nc1c(CCCCC2CCN(c3cccc4c3OCCCC4)CCN2)sc2ccccc12. The van der Waals surface area contributed by atoms with Crippen molar-refractivity contribution in [3.63, 3.8) is 0 Å². The zero-order chi connectivity index (χ0) is 24.0. The molecule has 2 aromatic carbocycles. The van der Waals surface area contributed by atoms with Gasteiger partial charge in [0.2, 0.25) is 0 Å². The van der Waals surface area contributed by atoms with Gasteiger partial charge in [0, 0.05) is 40.6 Å². The summed E-state index contributed by atoms with van der Waals surface area (Å²) in [5.41, 5.74) is 8.97. The molecule has 5 rings (SSSR count). The number of unbranched alkanes of at least 4 members (excludes halogenated alkanes) is 1. The molecule has 35 heavy (non-hydrogen) atoms. The van der Waals surface area contributed by atoms with Gasteiger partial charge in [-0.05, 0) is 62.6 Å². The van der Waals surface area contributed by atoms with Crippen LogP contribution >= 0.6 is 11.3 Å². The maximum atomic E-state index is 11.6. The number of thiophene rings is 1. The summed E-state index contributed by atoms with van der Waals surface area (Å²) in [6, 6.07) is 14.9. The first-order valence-corrected chi connectivity index (χ1v) is 13.8. The molecule has 4 N–H and O–H groups in total. The Morgan fingerprint density at radius 2 is 2.06 bits per heavy atom. The standard InChI is InChI=1S/C28H36N4O2S/c29-28(33)31-26-22-11-2-4-13-24(22)35-25(26)14-3-1-10-21-15-17-32(18-16-30-21)23-12-7-9-20-8-5-6-19-34-27(20)23/h2,4,7,9,11-13,21,30H,1,3,5-6,8,10,14-19H2,(H3,29,31,33). The first-order chi connectivity index (χ1) is 17.2. The van der Waals surface area contributed by atoms with Crippen LogP contribution in [-0.4, -0.2) is 38.3 Å². The molecule has 3 aromatic rings. The lowest BCUT2D eigenvalue weighted by atomic mass is 10.0. The first-order valence-electron chi connectivity index (χ1n) is 13.0. The number of urea groups is 1. The Hall–Kier alpha value is -2.77. The molecule has 0 bridgehead atoms. The van der Waals surface area contributed by atoms with Crippen LogP contribution in [0.3, 0.4) is 0 Å². The van der Waals surface area contributed by atoms with Crippen LogP contribution in [0.25, 0.3) is 10.1 Å². The van der Waals surface area contributed by atoms with Crippen LogP contribution in [0, 0.1) is 0 Å². The van der Waals surface area contributed by atoms with Gasteiger partial charge in [0.05, 0.1) is 18.0 Å². The van der Waals surface area contributed by atoms with Gasteiger partial charge in [-0.15, -0.1) is 11.3 Å². The molecule has 2 amide bonds. The quantitative estimate of drug-likeness (QED) is 0.370. The summed E-state index contributed by atoms with van der Waals surface area (Å²) in [5.74, 6) is 1.12. The molecule has 1 aromatic heterocycles. The fraction of sp³-hybridized carbons (Fsp3) is 0.464. The average Bonchev–Trinajstić information content (AvgIpc) is 3.05. The second-order valence-corrected chi connectivity index (χ2v) is 10.8. The van der Waals surface area contributed by atoms with Gasteiger partial charge in [0.25, 0.3) is 0 Å². The second kappa shape index (κ2) is 11.3. The molecule has 1 unspecified atom stereocenters. The third-order valence-corrected chi connectivity index (χ3v) is 8.42. The topological polar surface area (TPSA) is 79.6 Å². The number of aryl methyl sites for hydroxylation is 2. The van der Waals surface area contributed by atoms with E-state index in [0.29, 0.717) is 6.04 Å². The lowest BCUT2D eigenvalue weighted by Crippen LogP contribution is -2.30. The van der Waals surface area contributed by atoms with Crippen molar-refractivity contribution in [3.8, 4) is 5.75 Å². The van der Waals surface area contributed by atoms with E-state index in [1.807, 2.05) is 12.1 Å². The van der Waals surface area contributed by atoms with E-state index in [4.69, 9.17) is 10.5 Å². The van der Waals surface area contributed by atoms with Crippen LogP contribution in [0.5, 0.6) is 5.75 Å². The highest BCUT2D eigenvalue weighted by atomic mass is 32.1. The number of carbonyl (C=O) groups excluding carboxylic acids is 1. The van der Waals surface area contributed by atoms with Crippen LogP contribution in [0.1, 0.15) is 49.0 Å². The highest BCUT2D eigenvalue weighted by Crippen LogP contribution is 2.37. The average molecular weight is 493 g/mol. The molecule has 0 saturated carbocycles. The smallest absolute Gasteiger partial charge is 0.316 e. The van der Waals surface area contributed by atoms with Gasteiger partial charge in [-0.1, -0.05) is 36.8 Å². The van der Waals surface area contributed by atoms with Crippen molar-refractivity contribution in [1.29, 1.82) is 0 Å². The largest absolute Gasteiger partial charge is 0.491 e. The van der Waals surface area contributed by atoms with Crippen molar-refractivity contribution in [2.45, 2.75) is 57.4 Å². The molecule has 0 aliphatic carbocycles. The van der Waals surface area contributed by atoms with E-state index in [9.17, 15) is 4.79 Å². The number of rotatable bonds is 7. The predicted octanol–water partition coefficient (Wildman–Crippen LogP) is 5.69. The third-order valence-electron chi connectivity index (χ3n) is 7.19. The fourth-order valence-corrected chi connectivity index (χ4v) is 6.60. The van der Waals surface area contributed by atoms with Gasteiger partial charge < -0.3 is 26.0 Å². The van der Waals surface area contributed by atoms with Gasteiger partial charge in [-0.3, -0.25) is 0 Å². The number of carbonyl (C=O) groups is 1. The van der Waals surface area contributed by atoms with Gasteiger partial charge in [-0.25, -0.2) is 4.79 Å². The summed E-state index contributed by atoms with van der Waals surface area (Å²) in [4.78, 5) is 15.3. The summed E-state index contributed by atoms with van der Waals surface area (Å²) in [6.07, 6.45) is 8.99. The molecule has 186 valence electrons. The van der Waals surface area contributed by atoms with Crippen molar-refractivity contribution >= 4 is 38.8 Å². The van der Waals surface area contributed by atoms with Crippen LogP contribution in [-0.2, 0) is 12.8 Å². The fourth-order valence-electron chi connectivity index (χ4n) is 5.40. The number of hydrogen-bond acceptors (Lipinski definition) is 5. The number of nitrogens with zero attached hydrogens (tertiary/aromatic N) is 1. The zero-order valence-electron chi connectivity index (χ0n) is 20.4. The number of hydrogen-bond donors (Lipinski definition) is 3. The zero-order valence-corrected chi connectivity index (χ0v) is 21.2. The number of para-hydroxylation sites is 1. The maximum absolute atomic E-state index is 11.6. The molecule has 2 aliphatic rings. The summed E-state index contributed by atoms with van der Waals surface area (Å²) in [6.45, 7) is 3.90. The van der Waals surface area contributed by atoms with E-state index in [2.05, 4.69) is 45.9 Å². The van der Waals surface area contributed by atoms with Gasteiger partial charge in [-0.2, -0.15) is 0 Å². The predicted molar refractivity (Wildman–Crippen MR) is 146 cm³/mol. The molecule has 6 nitrogen and oxygen atoms in total. The number of anilines is 2. The van der Waals surface area contributed by atoms with Crippen molar-refractivity contribution in [1.82, 2.24) is 5.32 Å². The van der Waals surface area contributed by atoms with E-state index in [0.717, 1.165) is 81.6 Å².